The van der Waals surface area contributed by atoms with Crippen LogP contribution < -0.4 is 0 Å². The van der Waals surface area contributed by atoms with Crippen molar-refractivity contribution in [2.75, 3.05) is 0 Å². The van der Waals surface area contributed by atoms with Crippen molar-refractivity contribution in [3.8, 4) is 0 Å². The minimum absolute atomic E-state index is 0.559. The highest BCUT2D eigenvalue weighted by Gasteiger charge is 2.12. The lowest BCUT2D eigenvalue weighted by Gasteiger charge is -2.03. The average molecular weight is 278 g/mol. The van der Waals surface area contributed by atoms with E-state index in [9.17, 15) is 4.79 Å². The monoisotopic (exact) mass is 278 g/mol. The molecule has 0 saturated carbocycles. The highest BCUT2D eigenvalue weighted by molar-refractivity contribution is 5.96. The summed E-state index contributed by atoms with van der Waals surface area (Å²) in [7, 11) is 0. The van der Waals surface area contributed by atoms with Crippen LogP contribution in [0.4, 0.5) is 0 Å². The van der Waals surface area contributed by atoms with Crippen LogP contribution in [0.15, 0.2) is 65.1 Å². The third kappa shape index (κ3) is 2.72. The van der Waals surface area contributed by atoms with Crippen LogP contribution in [-0.4, -0.2) is 11.1 Å². The van der Waals surface area contributed by atoms with Gasteiger partial charge in [0.25, 0.3) is 0 Å². The second-order valence-corrected chi connectivity index (χ2v) is 4.91. The van der Waals surface area contributed by atoms with Crippen LogP contribution >= 0.6 is 0 Å². The second kappa shape index (κ2) is 5.29. The summed E-state index contributed by atoms with van der Waals surface area (Å²) in [5.41, 5.74) is 3.27. The van der Waals surface area contributed by atoms with Crippen molar-refractivity contribution >= 4 is 22.5 Å². The summed E-state index contributed by atoms with van der Waals surface area (Å²) in [6.45, 7) is 2.01. The Morgan fingerprint density at radius 1 is 1.10 bits per heavy atom. The second-order valence-electron chi connectivity index (χ2n) is 4.91. The zero-order chi connectivity index (χ0) is 14.8. The largest absolute Gasteiger partial charge is 0.478 e. The Balaban J connectivity index is 2.17. The molecule has 0 radical (unpaired) electrons. The molecule has 3 nitrogen and oxygen atoms in total. The van der Waals surface area contributed by atoms with Crippen molar-refractivity contribution in [1.29, 1.82) is 0 Å². The van der Waals surface area contributed by atoms with E-state index >= 15 is 0 Å². The lowest BCUT2D eigenvalue weighted by Crippen LogP contribution is -1.93. The van der Waals surface area contributed by atoms with E-state index in [1.165, 1.54) is 6.08 Å². The molecule has 1 N–H and O–H groups in total. The van der Waals surface area contributed by atoms with Gasteiger partial charge >= 0.3 is 5.97 Å². The molecule has 0 spiro atoms. The Morgan fingerprint density at radius 2 is 1.86 bits per heavy atom. The normalized spacial score (nSPS) is 11.8. The number of aliphatic carboxylic acids is 1. The van der Waals surface area contributed by atoms with Crippen LogP contribution in [0.5, 0.6) is 0 Å². The first-order valence-corrected chi connectivity index (χ1v) is 6.64. The van der Waals surface area contributed by atoms with E-state index in [0.29, 0.717) is 11.3 Å². The van der Waals surface area contributed by atoms with E-state index in [2.05, 4.69) is 0 Å². The van der Waals surface area contributed by atoms with Gasteiger partial charge in [0, 0.05) is 17.0 Å². The summed E-state index contributed by atoms with van der Waals surface area (Å²) >= 11 is 0. The average Bonchev–Trinajstić information content (AvgIpc) is 2.88. The third-order valence-electron chi connectivity index (χ3n) is 3.29. The molecule has 0 atom stereocenters. The first-order chi connectivity index (χ1) is 10.1. The minimum atomic E-state index is -0.995. The number of aryl methyl sites for hydroxylation is 1. The summed E-state index contributed by atoms with van der Waals surface area (Å²) in [6, 6.07) is 17.1. The molecule has 0 bridgehead atoms. The molecule has 0 amide bonds. The first-order valence-electron chi connectivity index (χ1n) is 6.64. The topological polar surface area (TPSA) is 50.4 Å². The predicted molar refractivity (Wildman–Crippen MR) is 82.1 cm³/mol. The molecule has 0 aliphatic heterocycles. The molecule has 0 aliphatic carbocycles. The van der Waals surface area contributed by atoms with E-state index in [4.69, 9.17) is 9.52 Å². The number of benzene rings is 2. The number of rotatable bonds is 3. The molecule has 0 unspecified atom stereocenters. The van der Waals surface area contributed by atoms with Gasteiger partial charge < -0.3 is 9.52 Å². The Hall–Kier alpha value is -2.81. The quantitative estimate of drug-likeness (QED) is 0.728. The SMILES string of the molecule is Cc1ccc2oc(C(=CC(=O)O)c3ccccc3)cc2c1. The van der Waals surface area contributed by atoms with E-state index in [-0.39, 0.29) is 0 Å². The van der Waals surface area contributed by atoms with E-state index < -0.39 is 5.97 Å². The summed E-state index contributed by atoms with van der Waals surface area (Å²) in [6.07, 6.45) is 1.18. The molecular weight excluding hydrogens is 264 g/mol. The van der Waals surface area contributed by atoms with Crippen LogP contribution in [0.2, 0.25) is 0 Å². The van der Waals surface area contributed by atoms with Gasteiger partial charge in [-0.05, 0) is 30.7 Å². The number of hydrogen-bond donors (Lipinski definition) is 1. The lowest BCUT2D eigenvalue weighted by molar-refractivity contribution is -0.131. The molecule has 3 heteroatoms. The molecule has 2 aromatic carbocycles. The van der Waals surface area contributed by atoms with Crippen molar-refractivity contribution in [3.63, 3.8) is 0 Å². The van der Waals surface area contributed by atoms with Gasteiger partial charge in [-0.1, -0.05) is 42.0 Å². The van der Waals surface area contributed by atoms with E-state index in [0.717, 1.165) is 22.1 Å². The number of fused-ring (bicyclic) bond motifs is 1. The van der Waals surface area contributed by atoms with Gasteiger partial charge in [0.2, 0.25) is 0 Å². The number of carboxylic acid groups (broad SMARTS) is 1. The molecule has 21 heavy (non-hydrogen) atoms. The van der Waals surface area contributed by atoms with Crippen LogP contribution in [0.25, 0.3) is 16.5 Å². The van der Waals surface area contributed by atoms with Crippen LogP contribution in [0, 0.1) is 6.92 Å². The van der Waals surface area contributed by atoms with Crippen LogP contribution in [0.3, 0.4) is 0 Å². The minimum Gasteiger partial charge on any atom is -0.478 e. The highest BCUT2D eigenvalue weighted by Crippen LogP contribution is 2.29. The Morgan fingerprint density at radius 3 is 2.57 bits per heavy atom. The van der Waals surface area contributed by atoms with Gasteiger partial charge in [-0.25, -0.2) is 4.79 Å². The Bertz CT molecular complexity index is 826. The standard InChI is InChI=1S/C18H14O3/c1-12-7-8-16-14(9-12)10-17(21-16)15(11-18(19)20)13-5-3-2-4-6-13/h2-11H,1H3,(H,19,20). The van der Waals surface area contributed by atoms with Crippen molar-refractivity contribution in [2.45, 2.75) is 6.92 Å². The zero-order valence-electron chi connectivity index (χ0n) is 11.5. The van der Waals surface area contributed by atoms with Crippen molar-refractivity contribution in [2.24, 2.45) is 0 Å². The predicted octanol–water partition coefficient (Wildman–Crippen LogP) is 4.26. The van der Waals surface area contributed by atoms with Crippen LogP contribution in [-0.2, 0) is 4.79 Å². The van der Waals surface area contributed by atoms with Gasteiger partial charge in [0.05, 0.1) is 0 Å². The number of hydrogen-bond acceptors (Lipinski definition) is 2. The summed E-state index contributed by atoms with van der Waals surface area (Å²) in [4.78, 5) is 11.1. The van der Waals surface area contributed by atoms with Crippen LogP contribution in [0.1, 0.15) is 16.9 Å². The van der Waals surface area contributed by atoms with Gasteiger partial charge in [-0.2, -0.15) is 0 Å². The number of carbonyl (C=O) groups is 1. The third-order valence-corrected chi connectivity index (χ3v) is 3.29. The van der Waals surface area contributed by atoms with Crippen molar-refractivity contribution in [1.82, 2.24) is 0 Å². The van der Waals surface area contributed by atoms with Gasteiger partial charge in [-0.15, -0.1) is 0 Å². The maximum Gasteiger partial charge on any atom is 0.329 e. The smallest absolute Gasteiger partial charge is 0.329 e. The van der Waals surface area contributed by atoms with E-state index in [1.807, 2.05) is 61.5 Å². The van der Waals surface area contributed by atoms with Gasteiger partial charge in [-0.3, -0.25) is 0 Å². The van der Waals surface area contributed by atoms with Gasteiger partial charge in [0.15, 0.2) is 0 Å². The van der Waals surface area contributed by atoms with E-state index in [1.54, 1.807) is 0 Å². The lowest BCUT2D eigenvalue weighted by atomic mass is 10.0. The Labute approximate surface area is 122 Å². The maximum atomic E-state index is 11.1. The molecule has 3 rings (SSSR count). The molecule has 1 heterocycles. The fourth-order valence-electron chi connectivity index (χ4n) is 2.33. The molecule has 0 saturated heterocycles. The summed E-state index contributed by atoms with van der Waals surface area (Å²) in [5, 5.41) is 10.1. The number of carboxylic acids is 1. The molecule has 104 valence electrons. The molecule has 0 aliphatic rings. The molecule has 3 aromatic rings. The number of furan rings is 1. The molecule has 1 aromatic heterocycles. The summed E-state index contributed by atoms with van der Waals surface area (Å²) < 4.78 is 5.81. The first kappa shape index (κ1) is 13.2. The Kier molecular flexibility index (Phi) is 3.32. The van der Waals surface area contributed by atoms with Gasteiger partial charge in [0.1, 0.15) is 11.3 Å². The zero-order valence-corrected chi connectivity index (χ0v) is 11.5. The summed E-state index contributed by atoms with van der Waals surface area (Å²) in [5.74, 6) is -0.435. The van der Waals surface area contributed by atoms with Crippen molar-refractivity contribution in [3.05, 3.63) is 77.6 Å². The fraction of sp³-hybridized carbons (Fsp3) is 0.0556. The fourth-order valence-corrected chi connectivity index (χ4v) is 2.33. The highest BCUT2D eigenvalue weighted by atomic mass is 16.4. The molecular formula is C18H14O3. The van der Waals surface area contributed by atoms with Crippen molar-refractivity contribution < 1.29 is 14.3 Å². The maximum absolute atomic E-state index is 11.1. The molecule has 0 fully saturated rings.